The summed E-state index contributed by atoms with van der Waals surface area (Å²) in [5.41, 5.74) is 58.1. The molecule has 0 spiro atoms. The maximum atomic E-state index is 8.84. The molecular weight excluding hydrogens is 1100 g/mol. The van der Waals surface area contributed by atoms with E-state index in [1.54, 1.807) is 13.2 Å². The summed E-state index contributed by atoms with van der Waals surface area (Å²) in [7, 11) is 5.56. The van der Waals surface area contributed by atoms with Gasteiger partial charge in [0.1, 0.15) is 0 Å². The highest BCUT2D eigenvalue weighted by Crippen LogP contribution is 2.32. The second-order valence-electron chi connectivity index (χ2n) is 19.7. The average molecular weight is 1200 g/mol. The molecule has 0 saturated carbocycles. The molecule has 0 unspecified atom stereocenters. The summed E-state index contributed by atoms with van der Waals surface area (Å²) in [5.74, 6) is 0.864. The molecule has 0 aliphatic carbocycles. The topological polar surface area (TPSA) is 380 Å². The van der Waals surface area contributed by atoms with Crippen LogP contribution in [-0.4, -0.2) is 126 Å². The number of methoxy groups -OCH3 is 1. The van der Waals surface area contributed by atoms with Gasteiger partial charge >= 0.3 is 0 Å². The Morgan fingerprint density at radius 3 is 1.21 bits per heavy atom. The van der Waals surface area contributed by atoms with E-state index in [2.05, 4.69) is 53.0 Å². The van der Waals surface area contributed by atoms with Crippen molar-refractivity contribution in [3.8, 4) is 5.75 Å². The monoisotopic (exact) mass is 1200 g/mol. The molecule has 25 N–H and O–H groups in total. The minimum absolute atomic E-state index is 0.0643. The third kappa shape index (κ3) is 35.0. The van der Waals surface area contributed by atoms with Gasteiger partial charge in [-0.05, 0) is 161 Å². The molecule has 0 fully saturated rings. The second-order valence-corrected chi connectivity index (χ2v) is 19.7. The lowest BCUT2D eigenvalue weighted by Crippen LogP contribution is -2.29. The van der Waals surface area contributed by atoms with Gasteiger partial charge in [-0.25, -0.2) is 0 Å². The molecule has 7 rings (SSSR count). The van der Waals surface area contributed by atoms with Crippen molar-refractivity contribution in [1.82, 2.24) is 0 Å². The summed E-state index contributed by atoms with van der Waals surface area (Å²) >= 11 is 0. The molecule has 7 aromatic rings. The Morgan fingerprint density at radius 2 is 0.851 bits per heavy atom. The number of nitrogens with zero attached hydrogens (tertiary/aromatic N) is 3. The number of unbranched alkanes of at least 4 members (excludes halogenated alkanes) is 1. The lowest BCUT2D eigenvalue weighted by molar-refractivity contribution is 0.281. The van der Waals surface area contributed by atoms with Crippen molar-refractivity contribution in [2.45, 2.75) is 53.4 Å². The Morgan fingerprint density at radius 1 is 0.471 bits per heavy atom. The van der Waals surface area contributed by atoms with Crippen LogP contribution in [-0.2, 0) is 0 Å². The first-order chi connectivity index (χ1) is 41.8. The van der Waals surface area contributed by atoms with Crippen LogP contribution in [0.1, 0.15) is 52.0 Å². The summed E-state index contributed by atoms with van der Waals surface area (Å²) in [6.07, 6.45) is 3.92. The Balaban J connectivity index is 0.000000509. The predicted octanol–water partition coefficient (Wildman–Crippen LogP) is 9.05. The SMILES string of the molecule is CCCCNc1cccc(N)c1.CCN(CC)c1cccc(N)c1.CN(C)c1cccc(N)c1.COc1c(N)cc(C)cc1NCCO.N=C(N)CCCNc1cccc(N)c1.Nc1cccc(N(CCO)CCO)c1.Nc1cccc(NCCO)c1. The molecule has 0 heterocycles. The van der Waals surface area contributed by atoms with Gasteiger partial charge in [0, 0.05) is 141 Å². The fourth-order valence-electron chi connectivity index (χ4n) is 7.86. The number of hydrogen-bond acceptors (Lipinski definition) is 20. The molecule has 21 nitrogen and oxygen atoms in total. The fraction of sp³-hybridized carbons (Fsp3) is 0.348. The van der Waals surface area contributed by atoms with Crippen LogP contribution in [0.2, 0.25) is 0 Å². The Hall–Kier alpha value is -9.15. The van der Waals surface area contributed by atoms with Gasteiger partial charge in [0.15, 0.2) is 5.75 Å². The maximum absolute atomic E-state index is 8.84. The summed E-state index contributed by atoms with van der Waals surface area (Å²) in [6.45, 7) is 14.7. The van der Waals surface area contributed by atoms with Crippen LogP contribution >= 0.6 is 0 Å². The van der Waals surface area contributed by atoms with Crippen LogP contribution in [0.5, 0.6) is 5.75 Å². The molecule has 7 aromatic carbocycles. The van der Waals surface area contributed by atoms with Gasteiger partial charge in [-0.3, -0.25) is 5.41 Å². The van der Waals surface area contributed by atoms with E-state index in [-0.39, 0.29) is 32.3 Å². The zero-order chi connectivity index (χ0) is 64.8. The van der Waals surface area contributed by atoms with Crippen LogP contribution in [0.25, 0.3) is 0 Å². The number of amidine groups is 1. The first kappa shape index (κ1) is 75.9. The zero-order valence-electron chi connectivity index (χ0n) is 52.5. The minimum Gasteiger partial charge on any atom is -0.492 e. The quantitative estimate of drug-likeness (QED) is 0.0110. The number of aryl methyl sites for hydroxylation is 1. The zero-order valence-corrected chi connectivity index (χ0v) is 52.5. The lowest BCUT2D eigenvalue weighted by atomic mass is 10.1. The number of nitrogens with two attached hydrogens (primary N) is 8. The highest BCUT2D eigenvalue weighted by molar-refractivity contribution is 5.76. The van der Waals surface area contributed by atoms with E-state index < -0.39 is 0 Å². The van der Waals surface area contributed by atoms with Gasteiger partial charge in [-0.15, -0.1) is 0 Å². The molecule has 0 aromatic heterocycles. The molecule has 0 atom stereocenters. The number of anilines is 14. The normalized spacial score (nSPS) is 9.78. The molecule has 0 saturated heterocycles. The van der Waals surface area contributed by atoms with Crippen LogP contribution in [0.4, 0.5) is 79.6 Å². The molecule has 21 heteroatoms. The Labute approximate surface area is 518 Å². The van der Waals surface area contributed by atoms with Gasteiger partial charge in [0.25, 0.3) is 0 Å². The number of aliphatic hydroxyl groups is 4. The third-order valence-corrected chi connectivity index (χ3v) is 12.2. The van der Waals surface area contributed by atoms with E-state index in [1.165, 1.54) is 18.5 Å². The van der Waals surface area contributed by atoms with Gasteiger partial charge in [-0.1, -0.05) is 49.7 Å². The molecule has 0 aliphatic heterocycles. The molecule has 0 bridgehead atoms. The molecular formula is C66H104N16O5. The van der Waals surface area contributed by atoms with Gasteiger partial charge in [0.05, 0.1) is 50.7 Å². The maximum Gasteiger partial charge on any atom is 0.164 e. The van der Waals surface area contributed by atoms with Crippen molar-refractivity contribution in [2.75, 3.05) is 176 Å². The van der Waals surface area contributed by atoms with Gasteiger partial charge < -0.3 is 107 Å². The number of aliphatic hydroxyl groups excluding tert-OH is 4. The van der Waals surface area contributed by atoms with Crippen molar-refractivity contribution in [3.05, 3.63) is 163 Å². The largest absolute Gasteiger partial charge is 0.492 e. The average Bonchev–Trinajstić information content (AvgIpc) is 3.31. The van der Waals surface area contributed by atoms with Crippen LogP contribution in [0, 0.1) is 12.3 Å². The molecule has 87 heavy (non-hydrogen) atoms. The fourth-order valence-corrected chi connectivity index (χ4v) is 7.86. The Kier molecular flexibility index (Phi) is 40.3. The number of rotatable bonds is 25. The highest BCUT2D eigenvalue weighted by atomic mass is 16.5. The van der Waals surface area contributed by atoms with E-state index in [1.807, 2.05) is 176 Å². The van der Waals surface area contributed by atoms with Crippen molar-refractivity contribution in [3.63, 3.8) is 0 Å². The molecule has 0 radical (unpaired) electrons. The third-order valence-electron chi connectivity index (χ3n) is 12.2. The van der Waals surface area contributed by atoms with Gasteiger partial charge in [0.2, 0.25) is 0 Å². The van der Waals surface area contributed by atoms with Crippen molar-refractivity contribution in [2.24, 2.45) is 5.73 Å². The van der Waals surface area contributed by atoms with Crippen LogP contribution in [0.15, 0.2) is 158 Å². The summed E-state index contributed by atoms with van der Waals surface area (Å²) < 4.78 is 5.16. The summed E-state index contributed by atoms with van der Waals surface area (Å²) in [4.78, 5) is 6.18. The van der Waals surface area contributed by atoms with Gasteiger partial charge in [-0.2, -0.15) is 0 Å². The lowest BCUT2D eigenvalue weighted by Gasteiger charge is -2.23. The van der Waals surface area contributed by atoms with E-state index in [9.17, 15) is 0 Å². The molecule has 0 aliphatic rings. The number of benzene rings is 7. The van der Waals surface area contributed by atoms with E-state index in [0.29, 0.717) is 49.7 Å². The van der Waals surface area contributed by atoms with Crippen molar-refractivity contribution >= 4 is 85.5 Å². The molecule has 0 amide bonds. The Bertz CT molecular complexity index is 2910. The number of hydrogen-bond donors (Lipinski definition) is 17. The first-order valence-corrected chi connectivity index (χ1v) is 29.2. The first-order valence-electron chi connectivity index (χ1n) is 29.2. The predicted molar refractivity (Wildman–Crippen MR) is 376 cm³/mol. The summed E-state index contributed by atoms with van der Waals surface area (Å²) in [5, 5.41) is 54.5. The smallest absolute Gasteiger partial charge is 0.164 e. The van der Waals surface area contributed by atoms with Crippen LogP contribution < -0.4 is 86.6 Å². The van der Waals surface area contributed by atoms with Crippen molar-refractivity contribution in [1.29, 1.82) is 5.41 Å². The van der Waals surface area contributed by atoms with Crippen molar-refractivity contribution < 1.29 is 25.2 Å². The molecule has 478 valence electrons. The number of nitrogen functional groups attached to an aromatic ring is 7. The van der Waals surface area contributed by atoms with Crippen LogP contribution in [0.3, 0.4) is 0 Å². The van der Waals surface area contributed by atoms with E-state index in [0.717, 1.165) is 101 Å². The van der Waals surface area contributed by atoms with E-state index in [4.69, 9.17) is 76.4 Å². The van der Waals surface area contributed by atoms with E-state index >= 15 is 0 Å². The highest BCUT2D eigenvalue weighted by Gasteiger charge is 2.08. The minimum atomic E-state index is 0.0643. The summed E-state index contributed by atoms with van der Waals surface area (Å²) in [6, 6.07) is 49.8. The number of nitrogens with one attached hydrogen (secondary N) is 5. The second kappa shape index (κ2) is 46.2. The number of ether oxygens (including phenoxy) is 1. The standard InChI is InChI=1S/C10H16N4.2C10H16N2O2.2C10H16N2.C8H12N2O.C8H12N2/c11-8-3-1-4-9(7-8)14-6-2-5-10(12)13;1-7-5-8(11)10(14-2)9(6-7)12-3-4-13;11-9-2-1-3-10(8-9)12(4-6-13)5-7-14;1-3-12(4-2)10-7-5-6-9(11)8-10;1-2-3-7-12-10-6-4-5-9(11)8-10;9-7-2-1-3-8(6-7)10-4-5-11;1-10(2)8-5-3-4-7(9)6-8/h1,3-4,7,14H,2,5-6,11H2,(H3,12,13);5-6,12-13H,3-4,11H2,1-2H3;1-3,8,13-14H,4-7,11H2;5-8H,3-4,11H2,1-2H3;4-6,8,12H,2-3,7,11H2,1H3;1-3,6,10-11H,4-5,9H2;3-6H,9H2,1-2H3.